The van der Waals surface area contributed by atoms with Gasteiger partial charge < -0.3 is 14.8 Å². The number of methoxy groups -OCH3 is 1. The lowest BCUT2D eigenvalue weighted by atomic mass is 9.85. The second-order valence-electron chi connectivity index (χ2n) is 11.4. The van der Waals surface area contributed by atoms with E-state index in [2.05, 4.69) is 74.3 Å². The number of hydrogen-bond acceptors (Lipinski definition) is 4. The molecule has 3 fully saturated rings. The van der Waals surface area contributed by atoms with Crippen LogP contribution in [-0.2, 0) is 11.2 Å². The molecule has 3 heterocycles. The highest BCUT2D eigenvalue weighted by Gasteiger charge is 2.42. The largest absolute Gasteiger partial charge is 0.496 e. The number of hydrogen-bond donors (Lipinski definition) is 1. The number of rotatable bonds is 5. The van der Waals surface area contributed by atoms with Crippen LogP contribution in [0.1, 0.15) is 69.2 Å². The zero-order chi connectivity index (χ0) is 24.0. The second-order valence-corrected chi connectivity index (χ2v) is 11.4. The Kier molecular flexibility index (Phi) is 6.09. The molecule has 3 aliphatic heterocycles. The molecule has 1 amide bonds. The summed E-state index contributed by atoms with van der Waals surface area (Å²) in [5.41, 5.74) is 5.97. The van der Waals surface area contributed by atoms with Gasteiger partial charge in [0.2, 0.25) is 0 Å². The molecule has 182 valence electrons. The topological polar surface area (TPSA) is 50.8 Å². The zero-order valence-corrected chi connectivity index (χ0v) is 21.2. The fourth-order valence-electron chi connectivity index (χ4n) is 6.14. The SMILES string of the molecule is COc1ccc(C(C)C)cc1-c1ccc2c(c1)CC(C)(C)C2NC(=O)O[C@@H]1CN2CCC1CC2. The summed E-state index contributed by atoms with van der Waals surface area (Å²) in [5, 5.41) is 3.23. The summed E-state index contributed by atoms with van der Waals surface area (Å²) >= 11 is 0. The van der Waals surface area contributed by atoms with Crippen LogP contribution in [0.2, 0.25) is 0 Å². The van der Waals surface area contributed by atoms with E-state index in [0.717, 1.165) is 55.8 Å². The van der Waals surface area contributed by atoms with Gasteiger partial charge in [-0.15, -0.1) is 0 Å². The van der Waals surface area contributed by atoms with Crippen molar-refractivity contribution in [2.75, 3.05) is 26.7 Å². The maximum atomic E-state index is 12.9. The van der Waals surface area contributed by atoms with Crippen molar-refractivity contribution in [3.63, 3.8) is 0 Å². The van der Waals surface area contributed by atoms with E-state index in [1.54, 1.807) is 7.11 Å². The van der Waals surface area contributed by atoms with Gasteiger partial charge in [0, 0.05) is 12.1 Å². The molecule has 3 saturated heterocycles. The number of nitrogens with zero attached hydrogens (tertiary/aromatic N) is 1. The fraction of sp³-hybridized carbons (Fsp3) is 0.552. The average Bonchev–Trinajstić information content (AvgIpc) is 3.07. The molecule has 0 aromatic heterocycles. The van der Waals surface area contributed by atoms with Crippen LogP contribution in [0, 0.1) is 11.3 Å². The molecule has 1 N–H and O–H groups in total. The number of fused-ring (bicyclic) bond motifs is 4. The molecule has 0 spiro atoms. The van der Waals surface area contributed by atoms with Crippen LogP contribution >= 0.6 is 0 Å². The molecule has 2 aromatic carbocycles. The van der Waals surface area contributed by atoms with E-state index < -0.39 is 0 Å². The maximum absolute atomic E-state index is 12.9. The zero-order valence-electron chi connectivity index (χ0n) is 21.2. The minimum absolute atomic E-state index is 0.0227. The molecule has 2 atom stereocenters. The number of ether oxygens (including phenoxy) is 2. The Balaban J connectivity index is 1.37. The number of piperidine rings is 3. The van der Waals surface area contributed by atoms with E-state index >= 15 is 0 Å². The Morgan fingerprint density at radius 2 is 1.88 bits per heavy atom. The monoisotopic (exact) mass is 462 g/mol. The predicted octanol–water partition coefficient (Wildman–Crippen LogP) is 5.93. The van der Waals surface area contributed by atoms with Crippen molar-refractivity contribution in [1.82, 2.24) is 10.2 Å². The van der Waals surface area contributed by atoms with Gasteiger partial charge in [0.25, 0.3) is 0 Å². The summed E-state index contributed by atoms with van der Waals surface area (Å²) in [5.74, 6) is 1.85. The third kappa shape index (κ3) is 4.31. The van der Waals surface area contributed by atoms with Crippen molar-refractivity contribution < 1.29 is 14.3 Å². The molecule has 5 nitrogen and oxygen atoms in total. The first kappa shape index (κ1) is 23.2. The number of amides is 1. The minimum Gasteiger partial charge on any atom is -0.496 e. The molecule has 4 aliphatic rings. The van der Waals surface area contributed by atoms with Crippen LogP contribution in [0.4, 0.5) is 4.79 Å². The standard InChI is InChI=1S/C29H38N2O3/c1-18(2)20-7-9-25(33-5)24(15-20)21-6-8-23-22(14-21)16-29(3,4)27(23)30-28(32)34-26-17-31-12-10-19(26)11-13-31/h6-9,14-15,18-19,26-27H,10-13,16-17H2,1-5H3,(H,30,32)/t26-,27?/m1/s1. The van der Waals surface area contributed by atoms with Gasteiger partial charge in [-0.25, -0.2) is 4.79 Å². The minimum atomic E-state index is -0.278. The second kappa shape index (κ2) is 8.92. The van der Waals surface area contributed by atoms with Crippen LogP contribution in [0.15, 0.2) is 36.4 Å². The lowest BCUT2D eigenvalue weighted by Gasteiger charge is -2.44. The van der Waals surface area contributed by atoms with Gasteiger partial charge in [0.05, 0.1) is 13.2 Å². The molecule has 34 heavy (non-hydrogen) atoms. The van der Waals surface area contributed by atoms with E-state index in [1.807, 2.05) is 0 Å². The van der Waals surface area contributed by atoms with Gasteiger partial charge in [-0.2, -0.15) is 0 Å². The van der Waals surface area contributed by atoms with Crippen molar-refractivity contribution in [2.45, 2.75) is 65.0 Å². The lowest BCUT2D eigenvalue weighted by molar-refractivity contribution is -0.0348. The van der Waals surface area contributed by atoms with E-state index in [1.165, 1.54) is 16.7 Å². The third-order valence-electron chi connectivity index (χ3n) is 8.20. The van der Waals surface area contributed by atoms with Gasteiger partial charge in [-0.1, -0.05) is 52.0 Å². The van der Waals surface area contributed by atoms with Gasteiger partial charge in [0.15, 0.2) is 0 Å². The molecule has 2 aromatic rings. The Labute approximate surface area is 203 Å². The first-order valence-electron chi connectivity index (χ1n) is 12.8. The van der Waals surface area contributed by atoms with Gasteiger partial charge in [-0.3, -0.25) is 4.90 Å². The van der Waals surface area contributed by atoms with Crippen molar-refractivity contribution in [2.24, 2.45) is 11.3 Å². The Morgan fingerprint density at radius 1 is 1.12 bits per heavy atom. The van der Waals surface area contributed by atoms with E-state index in [0.29, 0.717) is 11.8 Å². The lowest BCUT2D eigenvalue weighted by Crippen LogP contribution is -2.53. The number of carbonyl (C=O) groups is 1. The Morgan fingerprint density at radius 3 is 2.53 bits per heavy atom. The van der Waals surface area contributed by atoms with Gasteiger partial charge >= 0.3 is 6.09 Å². The number of nitrogens with one attached hydrogen (secondary N) is 1. The molecule has 0 radical (unpaired) electrons. The normalized spacial score (nSPS) is 26.9. The summed E-state index contributed by atoms with van der Waals surface area (Å²) in [6.07, 6.45) is 2.93. The van der Waals surface area contributed by atoms with E-state index in [-0.39, 0.29) is 23.7 Å². The van der Waals surface area contributed by atoms with Crippen molar-refractivity contribution in [3.05, 3.63) is 53.1 Å². The van der Waals surface area contributed by atoms with Crippen molar-refractivity contribution in [3.8, 4) is 16.9 Å². The number of carbonyl (C=O) groups excluding carboxylic acids is 1. The smallest absolute Gasteiger partial charge is 0.407 e. The first-order chi connectivity index (χ1) is 16.2. The van der Waals surface area contributed by atoms with Crippen LogP contribution in [-0.4, -0.2) is 43.8 Å². The van der Waals surface area contributed by atoms with Crippen LogP contribution < -0.4 is 10.1 Å². The fourth-order valence-corrected chi connectivity index (χ4v) is 6.14. The summed E-state index contributed by atoms with van der Waals surface area (Å²) < 4.78 is 11.6. The molecule has 0 saturated carbocycles. The molecule has 1 aliphatic carbocycles. The van der Waals surface area contributed by atoms with Crippen LogP contribution in [0.5, 0.6) is 5.75 Å². The molecular formula is C29H38N2O3. The quantitative estimate of drug-likeness (QED) is 0.598. The maximum Gasteiger partial charge on any atom is 0.407 e. The summed E-state index contributed by atoms with van der Waals surface area (Å²) in [7, 11) is 1.73. The highest BCUT2D eigenvalue weighted by molar-refractivity contribution is 5.74. The van der Waals surface area contributed by atoms with E-state index in [9.17, 15) is 4.79 Å². The van der Waals surface area contributed by atoms with Crippen molar-refractivity contribution >= 4 is 6.09 Å². The van der Waals surface area contributed by atoms with Crippen molar-refractivity contribution in [1.29, 1.82) is 0 Å². The molecule has 5 heteroatoms. The Hall–Kier alpha value is -2.53. The van der Waals surface area contributed by atoms with Gasteiger partial charge in [0.1, 0.15) is 11.9 Å². The van der Waals surface area contributed by atoms with E-state index in [4.69, 9.17) is 9.47 Å². The summed E-state index contributed by atoms with van der Waals surface area (Å²) in [4.78, 5) is 15.4. The molecular weight excluding hydrogens is 424 g/mol. The molecule has 1 unspecified atom stereocenters. The van der Waals surface area contributed by atoms with Gasteiger partial charge in [-0.05, 0) is 84.0 Å². The summed E-state index contributed by atoms with van der Waals surface area (Å²) in [6.45, 7) is 12.0. The highest BCUT2D eigenvalue weighted by atomic mass is 16.6. The molecule has 6 rings (SSSR count). The molecule has 2 bridgehead atoms. The summed E-state index contributed by atoms with van der Waals surface area (Å²) in [6, 6.07) is 13.0. The number of benzene rings is 2. The Bertz CT molecular complexity index is 1070. The first-order valence-corrected chi connectivity index (χ1v) is 12.8. The number of alkyl carbamates (subject to hydrolysis) is 1. The predicted molar refractivity (Wildman–Crippen MR) is 135 cm³/mol. The highest BCUT2D eigenvalue weighted by Crippen LogP contribution is 2.47. The average molecular weight is 463 g/mol. The third-order valence-corrected chi connectivity index (χ3v) is 8.20. The van der Waals surface area contributed by atoms with Crippen LogP contribution in [0.25, 0.3) is 11.1 Å². The van der Waals surface area contributed by atoms with Crippen LogP contribution in [0.3, 0.4) is 0 Å².